The summed E-state index contributed by atoms with van der Waals surface area (Å²) in [6.45, 7) is 3.66. The molecule has 2 aromatic rings. The molecule has 1 radical (unpaired) electrons. The minimum Gasteiger partial charge on any atom is -0.489 e. The highest BCUT2D eigenvalue weighted by molar-refractivity contribution is 5.74. The number of rotatable bonds is 1. The number of benzene rings is 2. The quantitative estimate of drug-likeness (QED) is 0.688. The summed E-state index contributed by atoms with van der Waals surface area (Å²) in [7, 11) is 0. The van der Waals surface area contributed by atoms with Crippen molar-refractivity contribution in [2.75, 3.05) is 0 Å². The maximum absolute atomic E-state index is 13.9. The molecular weight excluding hydrogens is 303 g/mol. The Bertz CT molecular complexity index is 736. The molecule has 0 aromatic heterocycles. The van der Waals surface area contributed by atoms with Gasteiger partial charge in [0.1, 0.15) is 23.5 Å². The minimum atomic E-state index is -4.57. The van der Waals surface area contributed by atoms with Crippen molar-refractivity contribution in [2.24, 2.45) is 0 Å². The van der Waals surface area contributed by atoms with E-state index in [0.29, 0.717) is 11.6 Å². The van der Waals surface area contributed by atoms with Gasteiger partial charge in [0.25, 0.3) is 0 Å². The number of ether oxygens (including phenoxy) is 1. The van der Waals surface area contributed by atoms with E-state index in [1.54, 1.807) is 0 Å². The van der Waals surface area contributed by atoms with Gasteiger partial charge in [0.2, 0.25) is 0 Å². The highest BCUT2D eigenvalue weighted by Crippen LogP contribution is 2.44. The molecule has 1 unspecified atom stereocenters. The maximum atomic E-state index is 13.9. The van der Waals surface area contributed by atoms with Gasteiger partial charge < -0.3 is 4.74 Å². The average molecular weight is 313 g/mol. The molecule has 0 aliphatic carbocycles. The van der Waals surface area contributed by atoms with Gasteiger partial charge in [-0.2, -0.15) is 13.2 Å². The average Bonchev–Trinajstić information content (AvgIpc) is 2.77. The lowest BCUT2D eigenvalue weighted by atomic mass is 9.97. The highest BCUT2D eigenvalue weighted by atomic mass is 19.4. The summed E-state index contributed by atoms with van der Waals surface area (Å²) >= 11 is 0. The monoisotopic (exact) mass is 313 g/mol. The van der Waals surface area contributed by atoms with Crippen LogP contribution < -0.4 is 4.74 Å². The molecule has 1 heterocycles. The lowest BCUT2D eigenvalue weighted by Gasteiger charge is -2.14. The fourth-order valence-corrected chi connectivity index (χ4v) is 2.50. The Hall–Kier alpha value is -2.11. The minimum absolute atomic E-state index is 0.0477. The van der Waals surface area contributed by atoms with Crippen molar-refractivity contribution >= 4 is 0 Å². The molecule has 0 spiro atoms. The number of alkyl halides is 3. The molecule has 0 amide bonds. The fraction of sp³-hybridized carbons (Fsp3) is 0.188. The predicted octanol–water partition coefficient (Wildman–Crippen LogP) is 4.79. The largest absolute Gasteiger partial charge is 0.489 e. The summed E-state index contributed by atoms with van der Waals surface area (Å²) in [6.07, 6.45) is -4.91. The van der Waals surface area contributed by atoms with Crippen LogP contribution in [0.15, 0.2) is 30.3 Å². The van der Waals surface area contributed by atoms with Gasteiger partial charge in [0.15, 0.2) is 0 Å². The number of hydrogen-bond donors (Lipinski definition) is 0. The molecule has 115 valence electrons. The SMILES string of the molecule is [CH2]C1Cc2cc(C(F)(F)F)cc(-c3ccc(F)cc3F)c2O1. The van der Waals surface area contributed by atoms with Crippen LogP contribution >= 0.6 is 0 Å². The molecule has 1 aliphatic rings. The number of halogens is 5. The predicted molar refractivity (Wildman–Crippen MR) is 70.3 cm³/mol. The van der Waals surface area contributed by atoms with Crippen LogP contribution in [0, 0.1) is 18.6 Å². The van der Waals surface area contributed by atoms with Gasteiger partial charge in [-0.25, -0.2) is 8.78 Å². The van der Waals surface area contributed by atoms with Crippen LogP contribution in [0.5, 0.6) is 5.75 Å². The van der Waals surface area contributed by atoms with E-state index in [1.165, 1.54) is 0 Å². The van der Waals surface area contributed by atoms with Crippen LogP contribution in [-0.4, -0.2) is 6.10 Å². The van der Waals surface area contributed by atoms with E-state index in [4.69, 9.17) is 4.74 Å². The van der Waals surface area contributed by atoms with E-state index >= 15 is 0 Å². The third-order valence-corrected chi connectivity index (χ3v) is 3.45. The Kier molecular flexibility index (Phi) is 3.34. The topological polar surface area (TPSA) is 9.23 Å². The molecule has 1 aliphatic heterocycles. The molecule has 22 heavy (non-hydrogen) atoms. The van der Waals surface area contributed by atoms with Gasteiger partial charge in [-0.15, -0.1) is 0 Å². The summed E-state index contributed by atoms with van der Waals surface area (Å²) in [5.74, 6) is -1.59. The third-order valence-electron chi connectivity index (χ3n) is 3.45. The smallest absolute Gasteiger partial charge is 0.416 e. The molecule has 6 heteroatoms. The van der Waals surface area contributed by atoms with Crippen LogP contribution in [0.25, 0.3) is 11.1 Å². The Morgan fingerprint density at radius 2 is 1.77 bits per heavy atom. The van der Waals surface area contributed by atoms with Crippen molar-refractivity contribution in [3.05, 3.63) is 60.0 Å². The van der Waals surface area contributed by atoms with Crippen LogP contribution in [-0.2, 0) is 12.6 Å². The number of hydrogen-bond acceptors (Lipinski definition) is 1. The first-order valence-corrected chi connectivity index (χ1v) is 6.45. The lowest BCUT2D eigenvalue weighted by Crippen LogP contribution is -2.06. The van der Waals surface area contributed by atoms with Crippen molar-refractivity contribution < 1.29 is 26.7 Å². The molecule has 0 N–H and O–H groups in total. The van der Waals surface area contributed by atoms with Crippen LogP contribution in [0.1, 0.15) is 11.1 Å². The van der Waals surface area contributed by atoms with E-state index in [-0.39, 0.29) is 23.3 Å². The van der Waals surface area contributed by atoms with Gasteiger partial charge >= 0.3 is 6.18 Å². The first-order chi connectivity index (χ1) is 10.3. The Morgan fingerprint density at radius 3 is 2.41 bits per heavy atom. The van der Waals surface area contributed by atoms with Crippen molar-refractivity contribution in [1.82, 2.24) is 0 Å². The Morgan fingerprint density at radius 1 is 1.05 bits per heavy atom. The molecule has 0 saturated carbocycles. The van der Waals surface area contributed by atoms with E-state index in [1.807, 2.05) is 0 Å². The van der Waals surface area contributed by atoms with Gasteiger partial charge in [-0.1, -0.05) is 0 Å². The van der Waals surface area contributed by atoms with Gasteiger partial charge in [-0.05, 0) is 36.8 Å². The summed E-state index contributed by atoms with van der Waals surface area (Å²) < 4.78 is 71.4. The third kappa shape index (κ3) is 2.53. The Balaban J connectivity index is 2.24. The van der Waals surface area contributed by atoms with E-state index in [9.17, 15) is 22.0 Å². The van der Waals surface area contributed by atoms with E-state index in [2.05, 4.69) is 6.92 Å². The second kappa shape index (κ2) is 4.97. The molecule has 1 atom stereocenters. The second-order valence-electron chi connectivity index (χ2n) is 5.08. The maximum Gasteiger partial charge on any atom is 0.416 e. The lowest BCUT2D eigenvalue weighted by molar-refractivity contribution is -0.137. The van der Waals surface area contributed by atoms with Crippen molar-refractivity contribution in [2.45, 2.75) is 18.7 Å². The first-order valence-electron chi connectivity index (χ1n) is 6.45. The summed E-state index contributed by atoms with van der Waals surface area (Å²) in [5, 5.41) is 0. The second-order valence-corrected chi connectivity index (χ2v) is 5.08. The fourth-order valence-electron chi connectivity index (χ4n) is 2.50. The zero-order chi connectivity index (χ0) is 16.1. The molecule has 0 saturated heterocycles. The molecule has 3 rings (SSSR count). The summed E-state index contributed by atoms with van der Waals surface area (Å²) in [5.41, 5.74) is -0.775. The van der Waals surface area contributed by atoms with Crippen molar-refractivity contribution in [3.63, 3.8) is 0 Å². The molecule has 0 fully saturated rings. The highest BCUT2D eigenvalue weighted by Gasteiger charge is 2.35. The summed E-state index contributed by atoms with van der Waals surface area (Å²) in [4.78, 5) is 0. The standard InChI is InChI=1S/C16H10F5O/c1-8-4-9-5-10(16(19,20)21)6-13(15(9)22-8)12-3-2-11(17)7-14(12)18/h2-3,5-8H,1,4H2. The van der Waals surface area contributed by atoms with Crippen molar-refractivity contribution in [3.8, 4) is 16.9 Å². The van der Waals surface area contributed by atoms with Gasteiger partial charge in [-0.3, -0.25) is 0 Å². The molecule has 0 bridgehead atoms. The summed E-state index contributed by atoms with van der Waals surface area (Å²) in [6, 6.07) is 4.50. The Labute approximate surface area is 123 Å². The van der Waals surface area contributed by atoms with E-state index in [0.717, 1.165) is 24.3 Å². The molecule has 1 nitrogen and oxygen atoms in total. The molecular formula is C16H10F5O. The van der Waals surface area contributed by atoms with Gasteiger partial charge in [0, 0.05) is 23.6 Å². The zero-order valence-electron chi connectivity index (χ0n) is 11.2. The van der Waals surface area contributed by atoms with Crippen LogP contribution in [0.2, 0.25) is 0 Å². The van der Waals surface area contributed by atoms with Crippen LogP contribution in [0.3, 0.4) is 0 Å². The van der Waals surface area contributed by atoms with Crippen molar-refractivity contribution in [1.29, 1.82) is 0 Å². The van der Waals surface area contributed by atoms with Crippen LogP contribution in [0.4, 0.5) is 22.0 Å². The number of fused-ring (bicyclic) bond motifs is 1. The zero-order valence-corrected chi connectivity index (χ0v) is 11.2. The normalized spacial score (nSPS) is 17.3. The van der Waals surface area contributed by atoms with E-state index < -0.39 is 29.5 Å². The van der Waals surface area contributed by atoms with Gasteiger partial charge in [0.05, 0.1) is 5.56 Å². The first kappa shape index (κ1) is 14.8. The molecule has 2 aromatic carbocycles.